The summed E-state index contributed by atoms with van der Waals surface area (Å²) >= 11 is 5.30. The molecule has 114 valence electrons. The van der Waals surface area contributed by atoms with Crippen LogP contribution in [0.4, 0.5) is 0 Å². The summed E-state index contributed by atoms with van der Waals surface area (Å²) in [6.07, 6.45) is 2.08. The van der Waals surface area contributed by atoms with E-state index >= 15 is 0 Å². The molecule has 0 bridgehead atoms. The number of nitrogens with zero attached hydrogens (tertiary/aromatic N) is 3. The van der Waals surface area contributed by atoms with Gasteiger partial charge in [0.2, 0.25) is 0 Å². The van der Waals surface area contributed by atoms with Crippen LogP contribution in [0.5, 0.6) is 0 Å². The highest BCUT2D eigenvalue weighted by atomic mass is 32.1. The van der Waals surface area contributed by atoms with Gasteiger partial charge in [0, 0.05) is 18.8 Å². The molecule has 0 saturated carbocycles. The van der Waals surface area contributed by atoms with Crippen molar-refractivity contribution < 1.29 is 0 Å². The summed E-state index contributed by atoms with van der Waals surface area (Å²) in [6.45, 7) is 9.44. The summed E-state index contributed by atoms with van der Waals surface area (Å²) in [5.74, 6) is 0.651. The zero-order valence-electron chi connectivity index (χ0n) is 13.1. The topological polar surface area (TPSA) is 55.6 Å². The third-order valence-corrected chi connectivity index (χ3v) is 4.05. The van der Waals surface area contributed by atoms with E-state index in [4.69, 9.17) is 12.2 Å². The largest absolute Gasteiger partial charge is 0.313 e. The van der Waals surface area contributed by atoms with Gasteiger partial charge < -0.3 is 4.57 Å². The van der Waals surface area contributed by atoms with Crippen molar-refractivity contribution in [2.24, 2.45) is 0 Å². The van der Waals surface area contributed by atoms with Crippen molar-refractivity contribution in [2.45, 2.75) is 53.6 Å². The molecule has 1 N–H and O–H groups in total. The SMILES string of the molecule is CCCCn1c(-c2c(C)cc(C)n(CC)c2=O)n[nH]c1=S. The van der Waals surface area contributed by atoms with Gasteiger partial charge in [-0.25, -0.2) is 0 Å². The van der Waals surface area contributed by atoms with E-state index in [9.17, 15) is 4.79 Å². The minimum absolute atomic E-state index is 0.00162. The Labute approximate surface area is 129 Å². The number of aromatic nitrogens is 4. The summed E-state index contributed by atoms with van der Waals surface area (Å²) in [5, 5.41) is 7.12. The fourth-order valence-corrected chi connectivity index (χ4v) is 2.85. The summed E-state index contributed by atoms with van der Waals surface area (Å²) in [7, 11) is 0. The second-order valence-electron chi connectivity index (χ2n) is 5.25. The predicted octanol–water partition coefficient (Wildman–Crippen LogP) is 3.21. The molecule has 0 aliphatic carbocycles. The third kappa shape index (κ3) is 2.85. The smallest absolute Gasteiger partial charge is 0.262 e. The summed E-state index contributed by atoms with van der Waals surface area (Å²) in [6, 6.07) is 2.03. The van der Waals surface area contributed by atoms with E-state index in [-0.39, 0.29) is 5.56 Å². The molecule has 0 spiro atoms. The average Bonchev–Trinajstić information content (AvgIpc) is 2.78. The molecule has 0 aromatic carbocycles. The molecule has 0 radical (unpaired) electrons. The highest BCUT2D eigenvalue weighted by Crippen LogP contribution is 2.19. The third-order valence-electron chi connectivity index (χ3n) is 3.74. The molecule has 0 aliphatic heterocycles. The van der Waals surface area contributed by atoms with Crippen LogP contribution >= 0.6 is 12.2 Å². The Kier molecular flexibility index (Phi) is 4.77. The maximum atomic E-state index is 12.7. The molecule has 2 aromatic heterocycles. The number of hydrogen-bond acceptors (Lipinski definition) is 3. The number of pyridine rings is 1. The van der Waals surface area contributed by atoms with Crippen LogP contribution in [-0.2, 0) is 13.1 Å². The Morgan fingerprint density at radius 2 is 2.00 bits per heavy atom. The average molecular weight is 306 g/mol. The van der Waals surface area contributed by atoms with Crippen molar-refractivity contribution in [2.75, 3.05) is 0 Å². The van der Waals surface area contributed by atoms with Crippen molar-refractivity contribution >= 4 is 12.2 Å². The molecule has 0 fully saturated rings. The number of hydrogen-bond donors (Lipinski definition) is 1. The molecule has 2 aromatic rings. The van der Waals surface area contributed by atoms with Crippen LogP contribution in [0.2, 0.25) is 0 Å². The quantitative estimate of drug-likeness (QED) is 0.863. The molecular formula is C15H22N4OS. The number of rotatable bonds is 5. The lowest BCUT2D eigenvalue weighted by Gasteiger charge is -2.13. The minimum atomic E-state index is 0.00162. The molecule has 6 heteroatoms. The predicted molar refractivity (Wildman–Crippen MR) is 87.2 cm³/mol. The Balaban J connectivity index is 2.68. The molecule has 2 rings (SSSR count). The lowest BCUT2D eigenvalue weighted by molar-refractivity contribution is 0.626. The molecular weight excluding hydrogens is 284 g/mol. The van der Waals surface area contributed by atoms with E-state index in [2.05, 4.69) is 17.1 Å². The van der Waals surface area contributed by atoms with Gasteiger partial charge in [-0.3, -0.25) is 14.5 Å². The van der Waals surface area contributed by atoms with Crippen molar-refractivity contribution in [1.29, 1.82) is 0 Å². The maximum Gasteiger partial charge on any atom is 0.262 e. The number of nitrogens with one attached hydrogen (secondary N) is 1. The Bertz CT molecular complexity index is 754. The highest BCUT2D eigenvalue weighted by molar-refractivity contribution is 7.71. The standard InChI is InChI=1S/C15H22N4OS/c1-5-7-8-19-13(16-17-15(19)21)12-10(3)9-11(4)18(6-2)14(12)20/h9H,5-8H2,1-4H3,(H,17,21). The van der Waals surface area contributed by atoms with E-state index in [1.54, 1.807) is 4.57 Å². The number of aromatic amines is 1. The van der Waals surface area contributed by atoms with E-state index in [0.29, 0.717) is 22.7 Å². The first-order valence-electron chi connectivity index (χ1n) is 7.37. The number of H-pyrrole nitrogens is 1. The van der Waals surface area contributed by atoms with Gasteiger partial charge in [-0.2, -0.15) is 5.10 Å². The molecule has 5 nitrogen and oxygen atoms in total. The number of unbranched alkanes of at least 4 members (excludes halogenated alkanes) is 1. The van der Waals surface area contributed by atoms with Gasteiger partial charge in [0.1, 0.15) is 0 Å². The van der Waals surface area contributed by atoms with Crippen molar-refractivity contribution in [3.8, 4) is 11.4 Å². The van der Waals surface area contributed by atoms with Gasteiger partial charge in [-0.15, -0.1) is 0 Å². The Morgan fingerprint density at radius 3 is 2.62 bits per heavy atom. The van der Waals surface area contributed by atoms with Gasteiger partial charge >= 0.3 is 0 Å². The zero-order valence-corrected chi connectivity index (χ0v) is 13.9. The van der Waals surface area contributed by atoms with Gasteiger partial charge in [-0.1, -0.05) is 13.3 Å². The Morgan fingerprint density at radius 1 is 1.29 bits per heavy atom. The molecule has 0 aliphatic rings. The first-order valence-corrected chi connectivity index (χ1v) is 7.78. The number of aryl methyl sites for hydroxylation is 2. The lowest BCUT2D eigenvalue weighted by Crippen LogP contribution is -2.25. The minimum Gasteiger partial charge on any atom is -0.313 e. The van der Waals surface area contributed by atoms with Gasteiger partial charge in [0.05, 0.1) is 5.56 Å². The van der Waals surface area contributed by atoms with E-state index in [0.717, 1.165) is 30.6 Å². The second-order valence-corrected chi connectivity index (χ2v) is 5.64. The van der Waals surface area contributed by atoms with Crippen LogP contribution in [-0.4, -0.2) is 19.3 Å². The zero-order chi connectivity index (χ0) is 15.6. The molecule has 0 unspecified atom stereocenters. The first-order chi connectivity index (χ1) is 10.0. The van der Waals surface area contributed by atoms with E-state index < -0.39 is 0 Å². The summed E-state index contributed by atoms with van der Waals surface area (Å²) in [5.41, 5.74) is 2.56. The normalized spacial score (nSPS) is 11.0. The Hall–Kier alpha value is -1.69. The fraction of sp³-hybridized carbons (Fsp3) is 0.533. The van der Waals surface area contributed by atoms with E-state index in [1.807, 2.05) is 31.4 Å². The van der Waals surface area contributed by atoms with E-state index in [1.165, 1.54) is 0 Å². The monoisotopic (exact) mass is 306 g/mol. The van der Waals surface area contributed by atoms with Gasteiger partial charge in [-0.05, 0) is 51.0 Å². The van der Waals surface area contributed by atoms with Crippen LogP contribution in [0.1, 0.15) is 37.9 Å². The van der Waals surface area contributed by atoms with Crippen molar-refractivity contribution in [3.05, 3.63) is 32.4 Å². The second kappa shape index (κ2) is 6.39. The molecule has 0 atom stereocenters. The summed E-state index contributed by atoms with van der Waals surface area (Å²) < 4.78 is 4.27. The first kappa shape index (κ1) is 15.7. The molecule has 0 saturated heterocycles. The molecule has 0 amide bonds. The van der Waals surface area contributed by atoms with Crippen LogP contribution in [0.15, 0.2) is 10.9 Å². The highest BCUT2D eigenvalue weighted by Gasteiger charge is 2.17. The van der Waals surface area contributed by atoms with Crippen molar-refractivity contribution in [3.63, 3.8) is 0 Å². The maximum absolute atomic E-state index is 12.7. The van der Waals surface area contributed by atoms with Gasteiger partial charge in [0.25, 0.3) is 5.56 Å². The van der Waals surface area contributed by atoms with Crippen LogP contribution in [0, 0.1) is 18.6 Å². The molecule has 2 heterocycles. The lowest BCUT2D eigenvalue weighted by atomic mass is 10.1. The van der Waals surface area contributed by atoms with Crippen LogP contribution < -0.4 is 5.56 Å². The summed E-state index contributed by atoms with van der Waals surface area (Å²) in [4.78, 5) is 12.7. The van der Waals surface area contributed by atoms with Crippen LogP contribution in [0.3, 0.4) is 0 Å². The fourth-order valence-electron chi connectivity index (χ4n) is 2.62. The molecule has 21 heavy (non-hydrogen) atoms. The van der Waals surface area contributed by atoms with Crippen molar-refractivity contribution in [1.82, 2.24) is 19.3 Å². The van der Waals surface area contributed by atoms with Crippen LogP contribution in [0.25, 0.3) is 11.4 Å². The van der Waals surface area contributed by atoms with Gasteiger partial charge in [0.15, 0.2) is 10.6 Å².